The quantitative estimate of drug-likeness (QED) is 0.350. The summed E-state index contributed by atoms with van der Waals surface area (Å²) in [6, 6.07) is 9.37. The fourth-order valence-corrected chi connectivity index (χ4v) is 5.84. The normalized spacial score (nSPS) is 19.0. The average Bonchev–Trinajstić information content (AvgIpc) is 3.51. The zero-order valence-electron chi connectivity index (χ0n) is 22.3. The van der Waals surface area contributed by atoms with E-state index >= 15 is 0 Å². The molecule has 0 radical (unpaired) electrons. The van der Waals surface area contributed by atoms with Gasteiger partial charge >= 0.3 is 0 Å². The lowest BCUT2D eigenvalue weighted by atomic mass is 9.92. The molecule has 0 unspecified atom stereocenters. The molecule has 5 heterocycles. The molecule has 2 aliphatic rings. The molecule has 202 valence electrons. The first kappa shape index (κ1) is 25.3. The number of aryl methyl sites for hydroxylation is 1. The Kier molecular flexibility index (Phi) is 6.23. The number of carbonyl (C=O) groups is 1. The number of benzene rings is 1. The molecule has 1 atom stereocenters. The molecule has 1 amide bonds. The van der Waals surface area contributed by atoms with Crippen LogP contribution >= 0.6 is 0 Å². The highest BCUT2D eigenvalue weighted by Crippen LogP contribution is 2.36. The third-order valence-corrected chi connectivity index (χ3v) is 7.60. The minimum Gasteiger partial charge on any atom is -0.387 e. The number of fused-ring (bicyclic) bond motifs is 2. The zero-order valence-corrected chi connectivity index (χ0v) is 22.3. The summed E-state index contributed by atoms with van der Waals surface area (Å²) in [4.78, 5) is 26.0. The van der Waals surface area contributed by atoms with Crippen LogP contribution < -0.4 is 15.5 Å². The molecule has 2 aliphatic heterocycles. The second kappa shape index (κ2) is 9.62. The van der Waals surface area contributed by atoms with Crippen molar-refractivity contribution < 1.29 is 14.3 Å². The molecule has 4 aromatic rings. The zero-order chi connectivity index (χ0) is 27.3. The third-order valence-electron chi connectivity index (χ3n) is 7.60. The average molecular weight is 530 g/mol. The standard InChI is InChI=1S/C29H32FN7O2/c1-18-9-12-37-23(15-32-27(37)26(18)30)20-6-7-22(25-21(20)14-33-28(25)38)34-24-8-5-19(13-31-24)36-11-4-10-29(39,17-36)16-35(2)3/h5-9,12-13,15,39H,4,10-11,14,16-17H2,1-3H3,(H,31,34)(H,33,38)/t29-/m0/s1. The van der Waals surface area contributed by atoms with Crippen LogP contribution in [0.4, 0.5) is 21.6 Å². The van der Waals surface area contributed by atoms with Crippen molar-refractivity contribution in [1.82, 2.24) is 24.6 Å². The van der Waals surface area contributed by atoms with Crippen LogP contribution in [0.3, 0.4) is 0 Å². The Bertz CT molecular complexity index is 1570. The number of hydrogen-bond donors (Lipinski definition) is 3. The molecule has 0 spiro atoms. The molecule has 0 aliphatic carbocycles. The molecule has 6 rings (SSSR count). The van der Waals surface area contributed by atoms with Gasteiger partial charge in [0.15, 0.2) is 11.5 Å². The lowest BCUT2D eigenvalue weighted by Gasteiger charge is -2.41. The van der Waals surface area contributed by atoms with Gasteiger partial charge in [0.25, 0.3) is 5.91 Å². The minimum atomic E-state index is -0.750. The Labute approximate surface area is 226 Å². The highest BCUT2D eigenvalue weighted by Gasteiger charge is 2.34. The van der Waals surface area contributed by atoms with Crippen molar-refractivity contribution in [3.05, 3.63) is 71.4 Å². The number of piperidine rings is 1. The number of β-amino-alcohol motifs (C(OH)–C–C–N with tert-alkyl or cyclic N) is 1. The van der Waals surface area contributed by atoms with Gasteiger partial charge in [-0.2, -0.15) is 0 Å². The fourth-order valence-electron chi connectivity index (χ4n) is 5.84. The van der Waals surface area contributed by atoms with E-state index in [1.807, 2.05) is 43.3 Å². The third kappa shape index (κ3) is 4.59. The van der Waals surface area contributed by atoms with Gasteiger partial charge in [-0.3, -0.25) is 9.20 Å². The van der Waals surface area contributed by atoms with Gasteiger partial charge in [-0.25, -0.2) is 14.4 Å². The van der Waals surface area contributed by atoms with E-state index in [9.17, 15) is 14.3 Å². The number of amides is 1. The summed E-state index contributed by atoms with van der Waals surface area (Å²) in [7, 11) is 3.95. The topological polar surface area (TPSA) is 98.0 Å². The van der Waals surface area contributed by atoms with E-state index in [-0.39, 0.29) is 17.4 Å². The monoisotopic (exact) mass is 529 g/mol. The Morgan fingerprint density at radius 3 is 2.79 bits per heavy atom. The lowest BCUT2D eigenvalue weighted by Crippen LogP contribution is -2.53. The number of imidazole rings is 1. The van der Waals surface area contributed by atoms with Gasteiger partial charge in [-0.1, -0.05) is 6.07 Å². The van der Waals surface area contributed by atoms with Crippen LogP contribution in [0.15, 0.2) is 48.9 Å². The summed E-state index contributed by atoms with van der Waals surface area (Å²) in [5, 5.41) is 17.3. The van der Waals surface area contributed by atoms with E-state index in [1.165, 1.54) is 0 Å². The number of rotatable bonds is 6. The number of aliphatic hydroxyl groups is 1. The van der Waals surface area contributed by atoms with Gasteiger partial charge in [0.05, 0.1) is 40.6 Å². The van der Waals surface area contributed by atoms with Crippen molar-refractivity contribution in [2.75, 3.05) is 43.9 Å². The number of aromatic nitrogens is 3. The van der Waals surface area contributed by atoms with Gasteiger partial charge in [-0.15, -0.1) is 0 Å². The maximum Gasteiger partial charge on any atom is 0.254 e. The van der Waals surface area contributed by atoms with E-state index < -0.39 is 5.60 Å². The molecular formula is C29H32FN7O2. The SMILES string of the molecule is Cc1ccn2c(-c3ccc(Nc4ccc(N5CCC[C@](O)(CN(C)C)C5)cn4)c4c3CNC4=O)cnc2c1F. The lowest BCUT2D eigenvalue weighted by molar-refractivity contribution is 0.00369. The molecule has 10 heteroatoms. The number of halogens is 1. The summed E-state index contributed by atoms with van der Waals surface area (Å²) < 4.78 is 16.3. The van der Waals surface area contributed by atoms with Crippen LogP contribution in [0.5, 0.6) is 0 Å². The highest BCUT2D eigenvalue weighted by molar-refractivity contribution is 6.06. The number of hydrogen-bond acceptors (Lipinski definition) is 7. The van der Waals surface area contributed by atoms with Gasteiger partial charge in [0.1, 0.15) is 5.82 Å². The van der Waals surface area contributed by atoms with Crippen LogP contribution in [-0.4, -0.2) is 69.6 Å². The molecule has 0 bridgehead atoms. The van der Waals surface area contributed by atoms with Crippen LogP contribution in [0.1, 0.15) is 34.3 Å². The fraction of sp³-hybridized carbons (Fsp3) is 0.345. The first-order valence-corrected chi connectivity index (χ1v) is 13.1. The Hall–Kier alpha value is -4.02. The Balaban J connectivity index is 1.27. The minimum absolute atomic E-state index is 0.171. The van der Waals surface area contributed by atoms with Crippen molar-refractivity contribution in [3.8, 4) is 11.3 Å². The number of anilines is 3. The number of likely N-dealkylation sites (N-methyl/N-ethyl adjacent to an activating group) is 1. The summed E-state index contributed by atoms with van der Waals surface area (Å²) in [5.74, 6) is 0.0889. The molecule has 0 saturated carbocycles. The van der Waals surface area contributed by atoms with Crippen molar-refractivity contribution in [2.45, 2.75) is 31.9 Å². The number of nitrogens with one attached hydrogen (secondary N) is 2. The smallest absolute Gasteiger partial charge is 0.254 e. The Morgan fingerprint density at radius 2 is 2.03 bits per heavy atom. The first-order chi connectivity index (χ1) is 18.7. The molecule has 3 aromatic heterocycles. The maximum absolute atomic E-state index is 14.6. The van der Waals surface area contributed by atoms with Crippen LogP contribution in [0, 0.1) is 12.7 Å². The van der Waals surface area contributed by atoms with E-state index in [1.54, 1.807) is 36.0 Å². The van der Waals surface area contributed by atoms with E-state index in [0.717, 1.165) is 41.9 Å². The van der Waals surface area contributed by atoms with Gasteiger partial charge < -0.3 is 25.5 Å². The predicted molar refractivity (Wildman–Crippen MR) is 149 cm³/mol. The van der Waals surface area contributed by atoms with E-state index in [0.29, 0.717) is 42.3 Å². The molecule has 9 nitrogen and oxygen atoms in total. The number of pyridine rings is 2. The van der Waals surface area contributed by atoms with Gasteiger partial charge in [0, 0.05) is 37.9 Å². The predicted octanol–water partition coefficient (Wildman–Crippen LogP) is 3.72. The van der Waals surface area contributed by atoms with Crippen molar-refractivity contribution in [1.29, 1.82) is 0 Å². The summed E-state index contributed by atoms with van der Waals surface area (Å²) >= 11 is 0. The van der Waals surface area contributed by atoms with Crippen LogP contribution in [0.25, 0.3) is 16.9 Å². The molecule has 3 N–H and O–H groups in total. The van der Waals surface area contributed by atoms with Crippen LogP contribution in [-0.2, 0) is 6.54 Å². The largest absolute Gasteiger partial charge is 0.387 e. The van der Waals surface area contributed by atoms with Crippen molar-refractivity contribution in [2.24, 2.45) is 0 Å². The number of nitrogens with zero attached hydrogens (tertiary/aromatic N) is 5. The highest BCUT2D eigenvalue weighted by atomic mass is 19.1. The van der Waals surface area contributed by atoms with E-state index in [4.69, 9.17) is 0 Å². The Morgan fingerprint density at radius 1 is 1.18 bits per heavy atom. The van der Waals surface area contributed by atoms with Crippen LogP contribution in [0.2, 0.25) is 0 Å². The maximum atomic E-state index is 14.6. The molecular weight excluding hydrogens is 497 g/mol. The molecule has 1 fully saturated rings. The summed E-state index contributed by atoms with van der Waals surface area (Å²) in [6.45, 7) is 4.12. The second-order valence-electron chi connectivity index (χ2n) is 10.9. The van der Waals surface area contributed by atoms with Gasteiger partial charge in [-0.05, 0) is 69.3 Å². The van der Waals surface area contributed by atoms with E-state index in [2.05, 4.69) is 25.5 Å². The summed E-state index contributed by atoms with van der Waals surface area (Å²) in [6.07, 6.45) is 6.93. The summed E-state index contributed by atoms with van der Waals surface area (Å²) in [5.41, 5.74) is 4.57. The first-order valence-electron chi connectivity index (χ1n) is 13.1. The van der Waals surface area contributed by atoms with Crippen molar-refractivity contribution >= 4 is 28.7 Å². The number of carbonyl (C=O) groups excluding carboxylic acids is 1. The second-order valence-corrected chi connectivity index (χ2v) is 10.9. The molecule has 39 heavy (non-hydrogen) atoms. The molecule has 1 aromatic carbocycles. The van der Waals surface area contributed by atoms with Crippen molar-refractivity contribution in [3.63, 3.8) is 0 Å². The van der Waals surface area contributed by atoms with Gasteiger partial charge in [0.2, 0.25) is 0 Å². The molecule has 1 saturated heterocycles.